The van der Waals surface area contributed by atoms with Crippen LogP contribution in [0.15, 0.2) is 16.3 Å². The molecular weight excluding hydrogens is 316 g/mol. The molecule has 0 bridgehead atoms. The summed E-state index contributed by atoms with van der Waals surface area (Å²) in [5.74, 6) is 0.272. The molecule has 4 nitrogen and oxygen atoms in total. The van der Waals surface area contributed by atoms with E-state index in [4.69, 9.17) is 5.73 Å². The van der Waals surface area contributed by atoms with Gasteiger partial charge in [-0.15, -0.1) is 23.7 Å². The second-order valence-corrected chi connectivity index (χ2v) is 8.19. The molecule has 1 aromatic rings. The van der Waals surface area contributed by atoms with E-state index in [0.29, 0.717) is 10.8 Å². The van der Waals surface area contributed by atoms with Crippen LogP contribution in [0.1, 0.15) is 37.5 Å². The second-order valence-electron chi connectivity index (χ2n) is 5.08. The minimum absolute atomic E-state index is 0. The van der Waals surface area contributed by atoms with Gasteiger partial charge in [0, 0.05) is 10.9 Å². The van der Waals surface area contributed by atoms with Crippen molar-refractivity contribution in [3.63, 3.8) is 0 Å². The van der Waals surface area contributed by atoms with Gasteiger partial charge in [0.15, 0.2) is 0 Å². The summed E-state index contributed by atoms with van der Waals surface area (Å²) in [6.07, 6.45) is 5.02. The molecule has 20 heavy (non-hydrogen) atoms. The highest BCUT2D eigenvalue weighted by atomic mass is 35.5. The molecule has 1 aromatic heterocycles. The summed E-state index contributed by atoms with van der Waals surface area (Å²) in [5.41, 5.74) is 5.74. The van der Waals surface area contributed by atoms with Crippen molar-refractivity contribution in [2.24, 2.45) is 11.7 Å². The summed E-state index contributed by atoms with van der Waals surface area (Å²) in [5, 5.41) is 0. The first-order valence-corrected chi connectivity index (χ1v) is 9.18. The molecule has 0 radical (unpaired) electrons. The third-order valence-corrected chi connectivity index (χ3v) is 6.98. The zero-order valence-electron chi connectivity index (χ0n) is 11.7. The maximum absolute atomic E-state index is 12.3. The average Bonchev–Trinajstić information content (AvgIpc) is 2.88. The van der Waals surface area contributed by atoms with Crippen molar-refractivity contribution in [2.75, 3.05) is 6.54 Å². The monoisotopic (exact) mass is 338 g/mol. The van der Waals surface area contributed by atoms with Crippen LogP contribution in [0, 0.1) is 5.92 Å². The predicted octanol–water partition coefficient (Wildman–Crippen LogP) is 2.53. The lowest BCUT2D eigenvalue weighted by atomic mass is 9.85. The lowest BCUT2D eigenvalue weighted by molar-refractivity contribution is 0.296. The van der Waals surface area contributed by atoms with Crippen LogP contribution in [0.5, 0.6) is 0 Å². The zero-order valence-corrected chi connectivity index (χ0v) is 14.1. The summed E-state index contributed by atoms with van der Waals surface area (Å²) < 4.78 is 28.0. The Bertz CT molecular complexity index is 516. The van der Waals surface area contributed by atoms with E-state index in [-0.39, 0.29) is 24.4 Å². The summed E-state index contributed by atoms with van der Waals surface area (Å²) in [6.45, 7) is 2.58. The second kappa shape index (κ2) is 7.75. The minimum atomic E-state index is -3.38. The van der Waals surface area contributed by atoms with Crippen molar-refractivity contribution in [3.05, 3.63) is 17.0 Å². The van der Waals surface area contributed by atoms with Gasteiger partial charge in [-0.05, 0) is 43.9 Å². The standard InChI is InChI=1S/C13H22N2O2S2.ClH/c1-2-11-7-8-13(18-11)19(16,17)15-12-6-4-3-5-10(12)9-14;/h7-8,10,12,15H,2-6,9,14H2,1H3;1H. The first kappa shape index (κ1) is 17.9. The Morgan fingerprint density at radius 3 is 2.65 bits per heavy atom. The number of halogens is 1. The fourth-order valence-corrected chi connectivity index (χ4v) is 5.25. The predicted molar refractivity (Wildman–Crippen MR) is 86.1 cm³/mol. The molecule has 3 N–H and O–H groups in total. The highest BCUT2D eigenvalue weighted by molar-refractivity contribution is 7.91. The number of rotatable bonds is 5. The highest BCUT2D eigenvalue weighted by Crippen LogP contribution is 2.27. The van der Waals surface area contributed by atoms with E-state index in [1.165, 1.54) is 11.3 Å². The topological polar surface area (TPSA) is 72.2 Å². The smallest absolute Gasteiger partial charge is 0.250 e. The minimum Gasteiger partial charge on any atom is -0.330 e. The van der Waals surface area contributed by atoms with Crippen LogP contribution in [0.3, 0.4) is 0 Å². The van der Waals surface area contributed by atoms with Gasteiger partial charge in [0.1, 0.15) is 4.21 Å². The van der Waals surface area contributed by atoms with E-state index < -0.39 is 10.0 Å². The summed E-state index contributed by atoms with van der Waals surface area (Å²) in [7, 11) is -3.38. The van der Waals surface area contributed by atoms with Gasteiger partial charge in [-0.25, -0.2) is 13.1 Å². The van der Waals surface area contributed by atoms with Crippen LogP contribution >= 0.6 is 23.7 Å². The van der Waals surface area contributed by atoms with Crippen LogP contribution in [0.2, 0.25) is 0 Å². The van der Waals surface area contributed by atoms with E-state index in [1.807, 2.05) is 13.0 Å². The lowest BCUT2D eigenvalue weighted by Crippen LogP contribution is -2.44. The summed E-state index contributed by atoms with van der Waals surface area (Å²) >= 11 is 1.36. The molecule has 0 amide bonds. The molecule has 0 spiro atoms. The zero-order chi connectivity index (χ0) is 13.9. The normalized spacial score (nSPS) is 23.3. The van der Waals surface area contributed by atoms with Gasteiger partial charge >= 0.3 is 0 Å². The maximum Gasteiger partial charge on any atom is 0.250 e. The van der Waals surface area contributed by atoms with Crippen LogP contribution in [-0.4, -0.2) is 21.0 Å². The molecule has 0 saturated heterocycles. The van der Waals surface area contributed by atoms with Gasteiger partial charge in [0.25, 0.3) is 0 Å². The molecule has 1 aliphatic rings. The maximum atomic E-state index is 12.3. The van der Waals surface area contributed by atoms with Gasteiger partial charge in [-0.1, -0.05) is 19.8 Å². The Balaban J connectivity index is 0.00000200. The number of nitrogens with one attached hydrogen (secondary N) is 1. The first-order chi connectivity index (χ1) is 9.06. The van der Waals surface area contributed by atoms with Gasteiger partial charge in [0.2, 0.25) is 10.0 Å². The quantitative estimate of drug-likeness (QED) is 0.866. The van der Waals surface area contributed by atoms with E-state index in [9.17, 15) is 8.42 Å². The van der Waals surface area contributed by atoms with Gasteiger partial charge < -0.3 is 5.73 Å². The van der Waals surface area contributed by atoms with Crippen molar-refractivity contribution < 1.29 is 8.42 Å². The summed E-state index contributed by atoms with van der Waals surface area (Å²) in [6, 6.07) is 3.59. The largest absolute Gasteiger partial charge is 0.330 e. The van der Waals surface area contributed by atoms with Crippen molar-refractivity contribution in [1.29, 1.82) is 0 Å². The third-order valence-electron chi connectivity index (χ3n) is 3.77. The molecule has 2 unspecified atom stereocenters. The van der Waals surface area contributed by atoms with Crippen LogP contribution in [0.25, 0.3) is 0 Å². The number of sulfonamides is 1. The molecule has 1 saturated carbocycles. The Morgan fingerprint density at radius 2 is 2.05 bits per heavy atom. The molecule has 0 aliphatic heterocycles. The Kier molecular flexibility index (Phi) is 6.94. The lowest BCUT2D eigenvalue weighted by Gasteiger charge is -2.30. The van der Waals surface area contributed by atoms with E-state index >= 15 is 0 Å². The Labute approximate surface area is 131 Å². The van der Waals surface area contributed by atoms with Crippen molar-refractivity contribution in [2.45, 2.75) is 49.3 Å². The molecule has 0 aromatic carbocycles. The van der Waals surface area contributed by atoms with Crippen LogP contribution in [-0.2, 0) is 16.4 Å². The Morgan fingerprint density at radius 1 is 1.35 bits per heavy atom. The number of hydrogen-bond acceptors (Lipinski definition) is 4. The van der Waals surface area contributed by atoms with Crippen molar-refractivity contribution in [3.8, 4) is 0 Å². The molecule has 2 atom stereocenters. The number of aryl methyl sites for hydroxylation is 1. The van der Waals surface area contributed by atoms with Gasteiger partial charge in [0.05, 0.1) is 0 Å². The number of hydrogen-bond donors (Lipinski definition) is 2. The van der Waals surface area contributed by atoms with Crippen LogP contribution < -0.4 is 10.5 Å². The highest BCUT2D eigenvalue weighted by Gasteiger charge is 2.29. The summed E-state index contributed by atoms with van der Waals surface area (Å²) in [4.78, 5) is 1.10. The molecule has 1 fully saturated rings. The fourth-order valence-electron chi connectivity index (χ4n) is 2.59. The fraction of sp³-hybridized carbons (Fsp3) is 0.692. The van der Waals surface area contributed by atoms with E-state index in [0.717, 1.165) is 37.0 Å². The van der Waals surface area contributed by atoms with Crippen molar-refractivity contribution >= 4 is 33.8 Å². The molecule has 1 heterocycles. The SMILES string of the molecule is CCc1ccc(S(=O)(=O)NC2CCCCC2CN)s1.Cl. The van der Waals surface area contributed by atoms with E-state index in [2.05, 4.69) is 4.72 Å². The molecule has 116 valence electrons. The Hall–Kier alpha value is -0.140. The van der Waals surface area contributed by atoms with E-state index in [1.54, 1.807) is 6.07 Å². The number of nitrogens with two attached hydrogens (primary N) is 1. The average molecular weight is 339 g/mol. The van der Waals surface area contributed by atoms with Crippen LogP contribution in [0.4, 0.5) is 0 Å². The van der Waals surface area contributed by atoms with Gasteiger partial charge in [-0.3, -0.25) is 0 Å². The van der Waals surface area contributed by atoms with Gasteiger partial charge in [-0.2, -0.15) is 0 Å². The van der Waals surface area contributed by atoms with Crippen molar-refractivity contribution in [1.82, 2.24) is 4.72 Å². The third kappa shape index (κ3) is 4.18. The molecular formula is C13H23ClN2O2S2. The molecule has 7 heteroatoms. The molecule has 2 rings (SSSR count). The first-order valence-electron chi connectivity index (χ1n) is 6.88. The molecule has 1 aliphatic carbocycles. The number of thiophene rings is 1.